The van der Waals surface area contributed by atoms with Gasteiger partial charge in [-0.05, 0) is 32.1 Å². The Morgan fingerprint density at radius 3 is 1.67 bits per heavy atom. The fourth-order valence-electron chi connectivity index (χ4n) is 2.56. The van der Waals surface area contributed by atoms with Crippen LogP contribution in [0.15, 0.2) is 0 Å². The monoisotopic (exact) mass is 213 g/mol. The number of hydrogen-bond donors (Lipinski definition) is 1. The van der Waals surface area contributed by atoms with Crippen LogP contribution < -0.4 is 5.32 Å². The second-order valence-electron chi connectivity index (χ2n) is 5.33. The average molecular weight is 213 g/mol. The molecule has 0 spiro atoms. The lowest BCUT2D eigenvalue weighted by molar-refractivity contribution is -0.137. The van der Waals surface area contributed by atoms with Crippen LogP contribution in [-0.2, 0) is 4.79 Å². The van der Waals surface area contributed by atoms with Crippen molar-refractivity contribution in [3.8, 4) is 0 Å². The molecule has 0 radical (unpaired) electrons. The van der Waals surface area contributed by atoms with Crippen molar-refractivity contribution in [1.82, 2.24) is 5.32 Å². The molecule has 0 aliphatic rings. The molecule has 0 unspecified atom stereocenters. The Bertz CT molecular complexity index is 199. The van der Waals surface area contributed by atoms with Gasteiger partial charge in [0.15, 0.2) is 0 Å². The highest BCUT2D eigenvalue weighted by atomic mass is 16.2. The average Bonchev–Trinajstić information content (AvgIpc) is 2.02. The molecule has 1 N–H and O–H groups in total. The molecule has 2 heteroatoms. The summed E-state index contributed by atoms with van der Waals surface area (Å²) in [5, 5.41) is 3.06. The van der Waals surface area contributed by atoms with Crippen LogP contribution in [0.1, 0.15) is 54.9 Å². The maximum Gasteiger partial charge on any atom is 0.226 e. The minimum absolute atomic E-state index is 0.213. The maximum atomic E-state index is 12.3. The van der Waals surface area contributed by atoms with Crippen LogP contribution >= 0.6 is 0 Å². The molecule has 0 aromatic carbocycles. The standard InChI is InChI=1S/C13H27NO/c1-8-13(9(2)3,10(4)5)12(15)14-11(6)7/h9-11H,8H2,1-7H3,(H,14,15). The molecule has 15 heavy (non-hydrogen) atoms. The second kappa shape index (κ2) is 5.53. The van der Waals surface area contributed by atoms with E-state index in [4.69, 9.17) is 0 Å². The normalized spacial score (nSPS) is 12.7. The molecule has 0 atom stereocenters. The van der Waals surface area contributed by atoms with E-state index in [-0.39, 0.29) is 17.4 Å². The molecule has 0 aromatic rings. The predicted molar refractivity (Wildman–Crippen MR) is 65.7 cm³/mol. The van der Waals surface area contributed by atoms with Crippen LogP contribution in [0.2, 0.25) is 0 Å². The van der Waals surface area contributed by atoms with E-state index in [0.29, 0.717) is 11.8 Å². The van der Waals surface area contributed by atoms with Crippen molar-refractivity contribution in [3.05, 3.63) is 0 Å². The molecule has 2 nitrogen and oxygen atoms in total. The van der Waals surface area contributed by atoms with E-state index in [2.05, 4.69) is 39.9 Å². The Morgan fingerprint density at radius 1 is 1.07 bits per heavy atom. The van der Waals surface area contributed by atoms with Gasteiger partial charge in [-0.15, -0.1) is 0 Å². The van der Waals surface area contributed by atoms with Crippen LogP contribution in [0.25, 0.3) is 0 Å². The molecule has 0 saturated heterocycles. The quantitative estimate of drug-likeness (QED) is 0.746. The van der Waals surface area contributed by atoms with E-state index < -0.39 is 0 Å². The second-order valence-corrected chi connectivity index (χ2v) is 5.33. The van der Waals surface area contributed by atoms with Crippen molar-refractivity contribution in [3.63, 3.8) is 0 Å². The number of hydrogen-bond acceptors (Lipinski definition) is 1. The topological polar surface area (TPSA) is 29.1 Å². The molecule has 0 fully saturated rings. The summed E-state index contributed by atoms with van der Waals surface area (Å²) in [7, 11) is 0. The Kier molecular flexibility index (Phi) is 5.33. The third kappa shape index (κ3) is 2.96. The minimum Gasteiger partial charge on any atom is -0.353 e. The highest BCUT2D eigenvalue weighted by molar-refractivity contribution is 5.83. The zero-order valence-corrected chi connectivity index (χ0v) is 11.3. The van der Waals surface area contributed by atoms with Crippen molar-refractivity contribution >= 4 is 5.91 Å². The minimum atomic E-state index is -0.218. The summed E-state index contributed by atoms with van der Waals surface area (Å²) in [4.78, 5) is 12.3. The van der Waals surface area contributed by atoms with Crippen molar-refractivity contribution in [1.29, 1.82) is 0 Å². The van der Waals surface area contributed by atoms with E-state index in [1.807, 2.05) is 13.8 Å². The highest BCUT2D eigenvalue weighted by Gasteiger charge is 2.42. The van der Waals surface area contributed by atoms with Crippen LogP contribution in [-0.4, -0.2) is 11.9 Å². The molecule has 0 rings (SSSR count). The number of rotatable bonds is 5. The Balaban J connectivity index is 4.99. The highest BCUT2D eigenvalue weighted by Crippen LogP contribution is 2.39. The van der Waals surface area contributed by atoms with Gasteiger partial charge in [0.1, 0.15) is 0 Å². The number of amides is 1. The third-order valence-electron chi connectivity index (χ3n) is 3.49. The van der Waals surface area contributed by atoms with Crippen molar-refractivity contribution < 1.29 is 4.79 Å². The fourth-order valence-corrected chi connectivity index (χ4v) is 2.56. The lowest BCUT2D eigenvalue weighted by atomic mass is 9.66. The SMILES string of the molecule is CCC(C(=O)NC(C)C)(C(C)C)C(C)C. The van der Waals surface area contributed by atoms with Crippen molar-refractivity contribution in [2.75, 3.05) is 0 Å². The van der Waals surface area contributed by atoms with E-state index >= 15 is 0 Å². The van der Waals surface area contributed by atoms with Gasteiger partial charge in [-0.1, -0.05) is 34.6 Å². The Morgan fingerprint density at radius 2 is 1.47 bits per heavy atom. The van der Waals surface area contributed by atoms with E-state index in [1.54, 1.807) is 0 Å². The van der Waals surface area contributed by atoms with Gasteiger partial charge in [0.05, 0.1) is 5.41 Å². The summed E-state index contributed by atoms with van der Waals surface area (Å²) < 4.78 is 0. The molecule has 0 heterocycles. The van der Waals surface area contributed by atoms with Crippen molar-refractivity contribution in [2.45, 2.75) is 60.9 Å². The van der Waals surface area contributed by atoms with Gasteiger partial charge in [-0.25, -0.2) is 0 Å². The largest absolute Gasteiger partial charge is 0.353 e. The molecule has 0 aliphatic heterocycles. The summed E-state index contributed by atoms with van der Waals surface area (Å²) in [6.45, 7) is 14.7. The zero-order valence-electron chi connectivity index (χ0n) is 11.3. The number of carbonyl (C=O) groups is 1. The Labute approximate surface area is 94.8 Å². The van der Waals surface area contributed by atoms with Gasteiger partial charge < -0.3 is 5.32 Å². The van der Waals surface area contributed by atoms with Crippen LogP contribution in [0, 0.1) is 17.3 Å². The smallest absolute Gasteiger partial charge is 0.226 e. The Hall–Kier alpha value is -0.530. The van der Waals surface area contributed by atoms with Gasteiger partial charge in [-0.2, -0.15) is 0 Å². The van der Waals surface area contributed by atoms with Gasteiger partial charge in [0, 0.05) is 6.04 Å². The predicted octanol–water partition coefficient (Wildman–Crippen LogP) is 3.22. The first-order valence-electron chi connectivity index (χ1n) is 6.09. The first kappa shape index (κ1) is 14.5. The van der Waals surface area contributed by atoms with E-state index in [1.165, 1.54) is 0 Å². The molecule has 0 bridgehead atoms. The first-order valence-corrected chi connectivity index (χ1v) is 6.09. The number of carbonyl (C=O) groups excluding carboxylic acids is 1. The molecule has 90 valence electrons. The van der Waals surface area contributed by atoms with Crippen LogP contribution in [0.3, 0.4) is 0 Å². The number of nitrogens with one attached hydrogen (secondary N) is 1. The molecular formula is C13H27NO. The summed E-state index contributed by atoms with van der Waals surface area (Å²) in [6, 6.07) is 0.223. The third-order valence-corrected chi connectivity index (χ3v) is 3.49. The molecule has 1 amide bonds. The summed E-state index contributed by atoms with van der Waals surface area (Å²) in [5.74, 6) is 0.965. The van der Waals surface area contributed by atoms with Crippen LogP contribution in [0.5, 0.6) is 0 Å². The molecule has 0 aromatic heterocycles. The van der Waals surface area contributed by atoms with Crippen molar-refractivity contribution in [2.24, 2.45) is 17.3 Å². The summed E-state index contributed by atoms with van der Waals surface area (Å²) in [5.41, 5.74) is -0.218. The van der Waals surface area contributed by atoms with Gasteiger partial charge in [0.2, 0.25) is 5.91 Å². The lowest BCUT2D eigenvalue weighted by Gasteiger charge is -2.39. The molecule has 0 saturated carbocycles. The van der Waals surface area contributed by atoms with Crippen LogP contribution in [0.4, 0.5) is 0 Å². The molecular weight excluding hydrogens is 186 g/mol. The van der Waals surface area contributed by atoms with E-state index in [0.717, 1.165) is 6.42 Å². The maximum absolute atomic E-state index is 12.3. The zero-order chi connectivity index (χ0) is 12.2. The summed E-state index contributed by atoms with van der Waals surface area (Å²) >= 11 is 0. The lowest BCUT2D eigenvalue weighted by Crippen LogP contribution is -2.49. The summed E-state index contributed by atoms with van der Waals surface area (Å²) in [6.07, 6.45) is 0.904. The first-order chi connectivity index (χ1) is 6.78. The van der Waals surface area contributed by atoms with Gasteiger partial charge >= 0.3 is 0 Å². The fraction of sp³-hybridized carbons (Fsp3) is 0.923. The molecule has 0 aliphatic carbocycles. The van der Waals surface area contributed by atoms with Gasteiger partial charge in [0.25, 0.3) is 0 Å². The van der Waals surface area contributed by atoms with E-state index in [9.17, 15) is 4.79 Å². The van der Waals surface area contributed by atoms with Gasteiger partial charge in [-0.3, -0.25) is 4.79 Å².